The summed E-state index contributed by atoms with van der Waals surface area (Å²) in [4.78, 5) is 76.8. The van der Waals surface area contributed by atoms with Gasteiger partial charge >= 0.3 is 18.2 Å². The van der Waals surface area contributed by atoms with Gasteiger partial charge in [0.15, 0.2) is 11.5 Å². The number of nitrogens with zero attached hydrogens (tertiary/aromatic N) is 1. The van der Waals surface area contributed by atoms with Gasteiger partial charge in [0.1, 0.15) is 25.3 Å². The van der Waals surface area contributed by atoms with Gasteiger partial charge in [-0.15, -0.1) is 0 Å². The number of ether oxygens (including phenoxy) is 4. The second kappa shape index (κ2) is 21.0. The van der Waals surface area contributed by atoms with Crippen LogP contribution in [0.4, 0.5) is 21.0 Å². The number of alkyl carbamates (subject to hydrolysis) is 1. The van der Waals surface area contributed by atoms with Gasteiger partial charge in [-0.05, 0) is 49.4 Å². The molecule has 3 atom stereocenters. The number of aliphatic hydroxyl groups is 1. The number of hydrogen-bond donors (Lipinski definition) is 6. The van der Waals surface area contributed by atoms with Crippen molar-refractivity contribution in [2.24, 2.45) is 5.92 Å². The Bertz CT molecular complexity index is 1730. The Hall–Kier alpha value is -6.10. The molecular formula is C38H49N5O12. The molecule has 17 nitrogen and oxygen atoms in total. The van der Waals surface area contributed by atoms with E-state index in [2.05, 4.69) is 34.4 Å². The van der Waals surface area contributed by atoms with E-state index in [0.717, 1.165) is 5.57 Å². The molecule has 0 radical (unpaired) electrons. The van der Waals surface area contributed by atoms with Gasteiger partial charge in [0.2, 0.25) is 11.8 Å². The summed E-state index contributed by atoms with van der Waals surface area (Å²) in [6.45, 7) is 12.1. The SMILES string of the molecule is C=CCOC(=O)N[C@H](C(=O)N[C@@H](C)C(=O)Nc1ccc(COC(=O)Nc2cc(OCCCC(=O)O)c(OC)cc2C(=O)N2CC(=C)C[C@H]2CO)cc1)C(C)C. The number of aliphatic carboxylic acids is 1. The van der Waals surface area contributed by atoms with Crippen LogP contribution in [0.2, 0.25) is 0 Å². The van der Waals surface area contributed by atoms with Gasteiger partial charge in [-0.2, -0.15) is 0 Å². The molecule has 0 bridgehead atoms. The highest BCUT2D eigenvalue weighted by Gasteiger charge is 2.33. The number of methoxy groups -OCH3 is 1. The Balaban J connectivity index is 1.66. The van der Waals surface area contributed by atoms with Crippen LogP contribution in [0.25, 0.3) is 0 Å². The minimum Gasteiger partial charge on any atom is -0.493 e. The molecule has 2 aromatic rings. The lowest BCUT2D eigenvalue weighted by Crippen LogP contribution is -2.53. The summed E-state index contributed by atoms with van der Waals surface area (Å²) in [5.41, 5.74) is 1.77. The van der Waals surface area contributed by atoms with Crippen molar-refractivity contribution in [3.8, 4) is 11.5 Å². The molecule has 0 aliphatic carbocycles. The molecule has 5 amide bonds. The first kappa shape index (κ1) is 43.3. The second-order valence-electron chi connectivity index (χ2n) is 13.0. The number of hydrogen-bond acceptors (Lipinski definition) is 11. The van der Waals surface area contributed by atoms with Crippen molar-refractivity contribution in [3.63, 3.8) is 0 Å². The summed E-state index contributed by atoms with van der Waals surface area (Å²) in [6.07, 6.45) is 0.174. The number of rotatable bonds is 19. The summed E-state index contributed by atoms with van der Waals surface area (Å²) in [6, 6.07) is 6.73. The predicted molar refractivity (Wildman–Crippen MR) is 201 cm³/mol. The fourth-order valence-electron chi connectivity index (χ4n) is 5.39. The maximum atomic E-state index is 13.7. The molecule has 17 heteroatoms. The predicted octanol–water partition coefficient (Wildman–Crippen LogP) is 3.83. The van der Waals surface area contributed by atoms with E-state index in [9.17, 15) is 33.9 Å². The van der Waals surface area contributed by atoms with Crippen molar-refractivity contribution in [2.45, 2.75) is 64.8 Å². The molecule has 1 aliphatic rings. The highest BCUT2D eigenvalue weighted by Crippen LogP contribution is 2.36. The quantitative estimate of drug-likeness (QED) is 0.0885. The molecule has 0 spiro atoms. The number of aliphatic hydroxyl groups excluding tert-OH is 1. The van der Waals surface area contributed by atoms with Crippen LogP contribution < -0.4 is 30.7 Å². The van der Waals surface area contributed by atoms with Gasteiger partial charge in [0.05, 0.1) is 37.6 Å². The molecule has 0 saturated carbocycles. The third-order valence-electron chi connectivity index (χ3n) is 8.29. The van der Waals surface area contributed by atoms with Gasteiger partial charge in [0, 0.05) is 24.7 Å². The highest BCUT2D eigenvalue weighted by molar-refractivity contribution is 6.04. The van der Waals surface area contributed by atoms with Crippen LogP contribution in [0.3, 0.4) is 0 Å². The number of carboxylic acids is 1. The van der Waals surface area contributed by atoms with E-state index in [4.69, 9.17) is 24.1 Å². The number of carbonyl (C=O) groups excluding carboxylic acids is 5. The average Bonchev–Trinajstić information content (AvgIpc) is 3.54. The van der Waals surface area contributed by atoms with Crippen LogP contribution in [0, 0.1) is 5.92 Å². The van der Waals surface area contributed by atoms with Crippen LogP contribution in [0.15, 0.2) is 61.2 Å². The smallest absolute Gasteiger partial charge is 0.411 e. The summed E-state index contributed by atoms with van der Waals surface area (Å²) in [7, 11) is 1.37. The van der Waals surface area contributed by atoms with E-state index >= 15 is 0 Å². The molecule has 55 heavy (non-hydrogen) atoms. The minimum atomic E-state index is -0.988. The fourth-order valence-corrected chi connectivity index (χ4v) is 5.39. The first-order valence-corrected chi connectivity index (χ1v) is 17.5. The first-order chi connectivity index (χ1) is 26.2. The maximum absolute atomic E-state index is 13.7. The Labute approximate surface area is 319 Å². The molecular weight excluding hydrogens is 718 g/mol. The van der Waals surface area contributed by atoms with Crippen LogP contribution in [-0.2, 0) is 30.5 Å². The van der Waals surface area contributed by atoms with Crippen molar-refractivity contribution in [3.05, 3.63) is 72.3 Å². The van der Waals surface area contributed by atoms with E-state index in [1.165, 1.54) is 37.1 Å². The molecule has 1 saturated heterocycles. The van der Waals surface area contributed by atoms with Crippen molar-refractivity contribution in [1.82, 2.24) is 15.5 Å². The summed E-state index contributed by atoms with van der Waals surface area (Å²) >= 11 is 0. The molecule has 1 fully saturated rings. The third-order valence-corrected chi connectivity index (χ3v) is 8.29. The first-order valence-electron chi connectivity index (χ1n) is 17.5. The normalized spacial score (nSPS) is 14.6. The zero-order valence-corrected chi connectivity index (χ0v) is 31.3. The minimum absolute atomic E-state index is 0.0210. The molecule has 2 aromatic carbocycles. The average molecular weight is 768 g/mol. The van der Waals surface area contributed by atoms with Crippen molar-refractivity contribution >= 4 is 47.3 Å². The highest BCUT2D eigenvalue weighted by atomic mass is 16.6. The van der Waals surface area contributed by atoms with Crippen LogP contribution in [-0.4, -0.2) is 103 Å². The number of likely N-dealkylation sites (tertiary alicyclic amines) is 1. The molecule has 0 aromatic heterocycles. The lowest BCUT2D eigenvalue weighted by molar-refractivity contribution is -0.137. The zero-order chi connectivity index (χ0) is 40.7. The standard InChI is InChI=1S/C38H49N5O12/c1-7-14-54-38(51)42-33(22(2)3)35(48)39-24(5)34(47)40-26-12-10-25(11-13-26)21-55-37(50)41-29-18-31(53-15-8-9-32(45)46)30(52-6)17-28(29)36(49)43-19-23(4)16-27(43)20-44/h7,10-13,17-18,22,24,27,33,44H,1,4,8-9,14-16,19-21H2,2-3,5-6H3,(H,39,48)(H,40,47)(H,41,50)(H,42,51)(H,45,46)/t24-,27-,33-/m0/s1. The molecule has 6 N–H and O–H groups in total. The number of carbonyl (C=O) groups is 6. The monoisotopic (exact) mass is 767 g/mol. The van der Waals surface area contributed by atoms with E-state index < -0.39 is 54.0 Å². The summed E-state index contributed by atoms with van der Waals surface area (Å²) < 4.78 is 21.5. The Morgan fingerprint density at radius 3 is 2.29 bits per heavy atom. The van der Waals surface area contributed by atoms with Gasteiger partial charge < -0.3 is 50.0 Å². The van der Waals surface area contributed by atoms with E-state index in [1.807, 2.05) is 0 Å². The number of nitrogens with one attached hydrogen (secondary N) is 4. The van der Waals surface area contributed by atoms with Crippen molar-refractivity contribution < 1.29 is 57.9 Å². The van der Waals surface area contributed by atoms with Crippen molar-refractivity contribution in [2.75, 3.05) is 44.1 Å². The molecule has 298 valence electrons. The Morgan fingerprint density at radius 2 is 1.67 bits per heavy atom. The molecule has 0 unspecified atom stereocenters. The number of carboxylic acid groups (broad SMARTS) is 1. The van der Waals surface area contributed by atoms with Crippen molar-refractivity contribution in [1.29, 1.82) is 0 Å². The van der Waals surface area contributed by atoms with Gasteiger partial charge in [-0.1, -0.05) is 50.8 Å². The summed E-state index contributed by atoms with van der Waals surface area (Å²) in [5.74, 6) is -2.57. The van der Waals surface area contributed by atoms with E-state index in [1.54, 1.807) is 38.1 Å². The van der Waals surface area contributed by atoms with Crippen LogP contribution in [0.1, 0.15) is 56.0 Å². The largest absolute Gasteiger partial charge is 0.493 e. The number of amides is 5. The zero-order valence-electron chi connectivity index (χ0n) is 31.3. The Kier molecular flexibility index (Phi) is 16.5. The third kappa shape index (κ3) is 13.1. The maximum Gasteiger partial charge on any atom is 0.411 e. The summed E-state index contributed by atoms with van der Waals surface area (Å²) in [5, 5.41) is 29.2. The van der Waals surface area contributed by atoms with E-state index in [-0.39, 0.29) is 74.5 Å². The fraction of sp³-hybridized carbons (Fsp3) is 0.421. The Morgan fingerprint density at radius 1 is 0.964 bits per heavy atom. The number of anilines is 2. The lowest BCUT2D eigenvalue weighted by Gasteiger charge is -2.24. The van der Waals surface area contributed by atoms with Crippen LogP contribution in [0.5, 0.6) is 11.5 Å². The molecule has 1 heterocycles. The second-order valence-corrected chi connectivity index (χ2v) is 13.0. The lowest BCUT2D eigenvalue weighted by atomic mass is 10.0. The van der Waals surface area contributed by atoms with Crippen LogP contribution >= 0.6 is 0 Å². The van der Waals surface area contributed by atoms with Gasteiger partial charge in [0.25, 0.3) is 5.91 Å². The molecule has 3 rings (SSSR count). The van der Waals surface area contributed by atoms with Gasteiger partial charge in [-0.25, -0.2) is 9.59 Å². The molecule has 1 aliphatic heterocycles. The number of benzene rings is 2. The topological polar surface area (TPSA) is 231 Å². The van der Waals surface area contributed by atoms with Gasteiger partial charge in [-0.3, -0.25) is 24.5 Å². The van der Waals surface area contributed by atoms with E-state index in [0.29, 0.717) is 17.7 Å².